The molecule has 3 aromatic rings. The minimum atomic E-state index is -0.853. The van der Waals surface area contributed by atoms with Gasteiger partial charge in [0.05, 0.1) is 12.6 Å². The third-order valence-corrected chi connectivity index (χ3v) is 10.8. The number of amides is 1. The van der Waals surface area contributed by atoms with Gasteiger partial charge in [0.1, 0.15) is 22.7 Å². The van der Waals surface area contributed by atoms with Crippen molar-refractivity contribution in [2.75, 3.05) is 44.7 Å². The van der Waals surface area contributed by atoms with Crippen molar-refractivity contribution in [1.29, 1.82) is 0 Å². The van der Waals surface area contributed by atoms with Gasteiger partial charge in [0.25, 0.3) is 0 Å². The molecule has 0 spiro atoms. The van der Waals surface area contributed by atoms with Crippen molar-refractivity contribution in [3.05, 3.63) is 70.2 Å². The van der Waals surface area contributed by atoms with Gasteiger partial charge in [-0.3, -0.25) is 9.69 Å². The molecule has 8 rings (SSSR count). The molecule has 4 atom stereocenters. The summed E-state index contributed by atoms with van der Waals surface area (Å²) in [6.07, 6.45) is 8.35. The van der Waals surface area contributed by atoms with E-state index < -0.39 is 11.7 Å². The Morgan fingerprint density at radius 1 is 1.18 bits per heavy atom. The number of halogens is 2. The van der Waals surface area contributed by atoms with E-state index in [-0.39, 0.29) is 60.7 Å². The van der Waals surface area contributed by atoms with E-state index in [9.17, 15) is 9.90 Å². The molecule has 4 fully saturated rings. The van der Waals surface area contributed by atoms with Crippen LogP contribution in [0, 0.1) is 17.8 Å². The Morgan fingerprint density at radius 2 is 2.00 bits per heavy atom. The van der Waals surface area contributed by atoms with E-state index in [2.05, 4.69) is 40.3 Å². The molecule has 1 aromatic heterocycles. The number of carbonyl (C=O) groups excluding carboxylic acids is 1. The van der Waals surface area contributed by atoms with Crippen LogP contribution in [0.15, 0.2) is 54.1 Å². The molecule has 260 valence electrons. The quantitative estimate of drug-likeness (QED) is 0.282. The van der Waals surface area contributed by atoms with Crippen LogP contribution in [-0.2, 0) is 4.79 Å². The van der Waals surface area contributed by atoms with E-state index in [1.807, 2.05) is 29.2 Å². The number of hydrogen-bond acceptors (Lipinski definition) is 8. The van der Waals surface area contributed by atoms with Gasteiger partial charge in [-0.1, -0.05) is 53.8 Å². The van der Waals surface area contributed by atoms with Gasteiger partial charge in [-0.15, -0.1) is 6.58 Å². The molecule has 2 bridgehead atoms. The summed E-state index contributed by atoms with van der Waals surface area (Å²) in [5, 5.41) is 13.2. The number of phenols is 1. The van der Waals surface area contributed by atoms with Crippen LogP contribution in [0.5, 0.6) is 11.8 Å². The number of ether oxygens (including phenoxy) is 1. The maximum absolute atomic E-state index is 17.4. The minimum Gasteiger partial charge on any atom is -0.508 e. The van der Waals surface area contributed by atoms with Crippen molar-refractivity contribution < 1.29 is 19.0 Å². The zero-order chi connectivity index (χ0) is 34.9. The van der Waals surface area contributed by atoms with E-state index >= 15 is 4.39 Å². The molecule has 4 unspecified atom stereocenters. The average Bonchev–Trinajstić information content (AvgIpc) is 3.25. The summed E-state index contributed by atoms with van der Waals surface area (Å²) in [7, 11) is 2.06. The second-order valence-corrected chi connectivity index (χ2v) is 13.9. The maximum atomic E-state index is 17.4. The van der Waals surface area contributed by atoms with E-state index in [1.165, 1.54) is 0 Å². The predicted molar refractivity (Wildman–Crippen MR) is 195 cm³/mol. The van der Waals surface area contributed by atoms with E-state index in [4.69, 9.17) is 27.1 Å². The van der Waals surface area contributed by atoms with Crippen LogP contribution in [0.25, 0.3) is 28.2 Å². The fourth-order valence-electron chi connectivity index (χ4n) is 7.99. The lowest BCUT2D eigenvalue weighted by Crippen LogP contribution is -2.60. The van der Waals surface area contributed by atoms with Gasteiger partial charge in [0.2, 0.25) is 5.91 Å². The molecule has 5 aliphatic rings. The molecule has 5 heterocycles. The summed E-state index contributed by atoms with van der Waals surface area (Å²) in [6.45, 7) is 5.95. The van der Waals surface area contributed by atoms with E-state index in [0.717, 1.165) is 49.4 Å². The SMILES string of the molecule is C=CCC1C(c2cc(O)cc3ccccc23)=C(Cl)C=c2c(N3CC4CCCC3CN4C(=O)CN)nc(OCC#CC3CCCN3C)nc2=C1F. The summed E-state index contributed by atoms with van der Waals surface area (Å²) in [5.41, 5.74) is 6.93. The van der Waals surface area contributed by atoms with Gasteiger partial charge in [-0.2, -0.15) is 9.97 Å². The second-order valence-electron chi connectivity index (χ2n) is 13.5. The predicted octanol–water partition coefficient (Wildman–Crippen LogP) is 4.05. The van der Waals surface area contributed by atoms with Crippen LogP contribution in [0.3, 0.4) is 0 Å². The molecule has 4 aliphatic heterocycles. The molecule has 11 heteroatoms. The largest absolute Gasteiger partial charge is 0.508 e. The molecule has 9 nitrogen and oxygen atoms in total. The van der Waals surface area contributed by atoms with Gasteiger partial charge >= 0.3 is 6.01 Å². The maximum Gasteiger partial charge on any atom is 0.320 e. The van der Waals surface area contributed by atoms with Gasteiger partial charge in [0.15, 0.2) is 6.61 Å². The first-order valence-electron chi connectivity index (χ1n) is 17.4. The van der Waals surface area contributed by atoms with Crippen LogP contribution < -0.4 is 25.9 Å². The Hall–Kier alpha value is -4.43. The minimum absolute atomic E-state index is 0.0196. The highest BCUT2D eigenvalue weighted by molar-refractivity contribution is 6.38. The Balaban J connectivity index is 1.40. The van der Waals surface area contributed by atoms with E-state index in [1.54, 1.807) is 24.3 Å². The number of likely N-dealkylation sites (tertiary alicyclic amines) is 1. The third kappa shape index (κ3) is 6.46. The molecule has 0 radical (unpaired) electrons. The fraction of sp³-hybridized carbons (Fsp3) is 0.410. The van der Waals surface area contributed by atoms with Gasteiger partial charge < -0.3 is 25.4 Å². The lowest BCUT2D eigenvalue weighted by molar-refractivity contribution is -0.132. The lowest BCUT2D eigenvalue weighted by Gasteiger charge is -2.44. The van der Waals surface area contributed by atoms with Crippen LogP contribution in [0.4, 0.5) is 10.2 Å². The molecule has 2 aromatic carbocycles. The van der Waals surface area contributed by atoms with Crippen LogP contribution in [-0.4, -0.2) is 88.7 Å². The molecule has 1 amide bonds. The number of aromatic hydroxyl groups is 1. The summed E-state index contributed by atoms with van der Waals surface area (Å²) in [4.78, 5) is 28.7. The van der Waals surface area contributed by atoms with Crippen molar-refractivity contribution in [3.63, 3.8) is 0 Å². The number of rotatable bonds is 7. The summed E-state index contributed by atoms with van der Waals surface area (Å²) < 4.78 is 23.4. The number of carbonyl (C=O) groups is 1. The number of nitrogens with two attached hydrogens (primary N) is 1. The monoisotopic (exact) mass is 696 g/mol. The van der Waals surface area contributed by atoms with Crippen molar-refractivity contribution in [3.8, 4) is 23.6 Å². The molecule has 0 saturated carbocycles. The Morgan fingerprint density at radius 3 is 2.78 bits per heavy atom. The topological polar surface area (TPSA) is 108 Å². The highest BCUT2D eigenvalue weighted by Crippen LogP contribution is 2.42. The normalized spacial score (nSPS) is 23.6. The zero-order valence-electron chi connectivity index (χ0n) is 28.2. The first-order chi connectivity index (χ1) is 24.3. The zero-order valence-corrected chi connectivity index (χ0v) is 29.0. The number of anilines is 1. The standard InChI is InChI=1S/C39H42ClFN6O3/c1-3-9-30-35(31-19-28(48)18-24-10-4-5-15-29(24)31)33(40)20-32-37(36(30)41)43-39(50-17-8-14-25-13-7-16-45(25)2)44-38(32)47-23-26-11-6-12-27(47)22-46(26)34(49)21-42/h3-5,10,15,18-20,25-27,30,48H,1,6-7,9,11-13,16-17,21-23,42H2,2H3. The summed E-state index contributed by atoms with van der Waals surface area (Å²) in [6, 6.07) is 11.0. The number of aromatic nitrogens is 2. The molecule has 1 aliphatic carbocycles. The number of nitrogens with zero attached hydrogens (tertiary/aromatic N) is 5. The molecule has 3 N–H and O–H groups in total. The molecular formula is C39H42ClFN6O3. The van der Waals surface area contributed by atoms with Gasteiger partial charge in [0, 0.05) is 41.3 Å². The first kappa shape index (κ1) is 34.0. The molecule has 50 heavy (non-hydrogen) atoms. The van der Waals surface area contributed by atoms with Crippen LogP contribution in [0.2, 0.25) is 0 Å². The van der Waals surface area contributed by atoms with Crippen molar-refractivity contribution in [1.82, 2.24) is 19.8 Å². The van der Waals surface area contributed by atoms with Gasteiger partial charge in [-0.25, -0.2) is 4.39 Å². The first-order valence-corrected chi connectivity index (χ1v) is 17.7. The number of hydrogen-bond donors (Lipinski definition) is 2. The fourth-order valence-corrected chi connectivity index (χ4v) is 8.33. The summed E-state index contributed by atoms with van der Waals surface area (Å²) in [5.74, 6) is 5.52. The highest BCUT2D eigenvalue weighted by atomic mass is 35.5. The Bertz CT molecular complexity index is 2060. The third-order valence-electron chi connectivity index (χ3n) is 10.5. The van der Waals surface area contributed by atoms with Crippen molar-refractivity contribution in [2.45, 2.75) is 56.7 Å². The number of fused-ring (bicyclic) bond motifs is 6. The number of benzene rings is 2. The number of phenolic OH excluding ortho intramolecular Hbond substituents is 1. The summed E-state index contributed by atoms with van der Waals surface area (Å²) >= 11 is 7.25. The molecule has 4 saturated heterocycles. The molecular weight excluding hydrogens is 655 g/mol. The van der Waals surface area contributed by atoms with E-state index in [0.29, 0.717) is 40.3 Å². The smallest absolute Gasteiger partial charge is 0.320 e. The Kier molecular flexibility index (Phi) is 9.82. The number of allylic oxidation sites excluding steroid dienone is 3. The van der Waals surface area contributed by atoms with Gasteiger partial charge in [-0.05, 0) is 92.2 Å². The Labute approximate surface area is 296 Å². The number of piperazine rings is 1. The van der Waals surface area contributed by atoms with Crippen molar-refractivity contribution in [2.24, 2.45) is 11.7 Å². The second kappa shape index (κ2) is 14.4. The van der Waals surface area contributed by atoms with Crippen molar-refractivity contribution >= 4 is 51.6 Å². The van der Waals surface area contributed by atoms with Crippen LogP contribution >= 0.6 is 11.6 Å². The average molecular weight is 697 g/mol. The lowest BCUT2D eigenvalue weighted by atomic mass is 9.86. The highest BCUT2D eigenvalue weighted by Gasteiger charge is 2.40. The van der Waals surface area contributed by atoms with Crippen LogP contribution in [0.1, 0.15) is 44.1 Å².